The van der Waals surface area contributed by atoms with Gasteiger partial charge in [0.25, 0.3) is 0 Å². The molecule has 0 spiro atoms. The second-order valence-electron chi connectivity index (χ2n) is 4.42. The maximum Gasteiger partial charge on any atom is 0.416 e. The highest BCUT2D eigenvalue weighted by atomic mass is 19.4. The predicted molar refractivity (Wildman–Crippen MR) is 64.2 cm³/mol. The second kappa shape index (κ2) is 4.45. The molecule has 0 aromatic heterocycles. The average Bonchev–Trinajstić information content (AvgIpc) is 2.65. The smallest absolute Gasteiger partial charge is 0.399 e. The minimum Gasteiger partial charge on any atom is -0.399 e. The van der Waals surface area contributed by atoms with E-state index in [9.17, 15) is 18.3 Å². The molecule has 0 amide bonds. The van der Waals surface area contributed by atoms with Crippen LogP contribution in [0.5, 0.6) is 0 Å². The average molecular weight is 272 g/mol. The molecular weight excluding hydrogens is 259 g/mol. The number of alkyl halides is 3. The van der Waals surface area contributed by atoms with Gasteiger partial charge in [-0.15, -0.1) is 0 Å². The molecule has 0 heterocycles. The summed E-state index contributed by atoms with van der Waals surface area (Å²) in [6.45, 7) is 1.43. The first kappa shape index (κ1) is 13.7. The lowest BCUT2D eigenvalue weighted by Gasteiger charge is -2.26. The first-order chi connectivity index (χ1) is 8.80. The molecule has 2 aliphatic carbocycles. The molecule has 0 aromatic rings. The van der Waals surface area contributed by atoms with Crippen molar-refractivity contribution in [3.05, 3.63) is 41.9 Å². The summed E-state index contributed by atoms with van der Waals surface area (Å²) in [6.07, 6.45) is 2.30. The molecule has 0 fully saturated rings. The molecule has 0 saturated carbocycles. The monoisotopic (exact) mass is 272 g/mol. The van der Waals surface area contributed by atoms with Gasteiger partial charge in [-0.1, -0.05) is 5.16 Å². The van der Waals surface area contributed by atoms with E-state index in [0.29, 0.717) is 0 Å². The van der Waals surface area contributed by atoms with Crippen LogP contribution < -0.4 is 0 Å². The Hall–Kier alpha value is -1.69. The second-order valence-corrected chi connectivity index (χ2v) is 4.42. The van der Waals surface area contributed by atoms with Gasteiger partial charge in [-0.05, 0) is 13.0 Å². The van der Waals surface area contributed by atoms with Crippen LogP contribution in [0.2, 0.25) is 0 Å². The largest absolute Gasteiger partial charge is 0.416 e. The third kappa shape index (κ3) is 2.16. The normalized spacial score (nSPS) is 30.4. The van der Waals surface area contributed by atoms with Crippen molar-refractivity contribution in [3.8, 4) is 0 Å². The molecule has 0 bridgehead atoms. The zero-order valence-electron chi connectivity index (χ0n) is 10.4. The van der Waals surface area contributed by atoms with E-state index in [1.54, 1.807) is 6.08 Å². The Kier molecular flexibility index (Phi) is 3.22. The molecule has 0 aliphatic heterocycles. The molecular formula is C13H13F3NO2+. The Morgan fingerprint density at radius 1 is 1.53 bits per heavy atom. The number of allylic oxidation sites excluding steroid dienone is 4. The van der Waals surface area contributed by atoms with Gasteiger partial charge in [-0.3, -0.25) is 0 Å². The van der Waals surface area contributed by atoms with E-state index < -0.39 is 23.3 Å². The lowest BCUT2D eigenvalue weighted by molar-refractivity contribution is -0.0892. The SMILES string of the molecule is CO/N=C(\C)C1(O)C=C(C(F)(F)F)C2=CC=C[CH+]C21. The third-order valence-electron chi connectivity index (χ3n) is 3.29. The van der Waals surface area contributed by atoms with Gasteiger partial charge >= 0.3 is 6.18 Å². The predicted octanol–water partition coefficient (Wildman–Crippen LogP) is 2.56. The van der Waals surface area contributed by atoms with Crippen LogP contribution >= 0.6 is 0 Å². The number of hydrogen-bond acceptors (Lipinski definition) is 3. The lowest BCUT2D eigenvalue weighted by atomic mass is 9.80. The van der Waals surface area contributed by atoms with Crippen molar-refractivity contribution >= 4 is 5.71 Å². The summed E-state index contributed by atoms with van der Waals surface area (Å²) in [5.41, 5.74) is -2.51. The van der Waals surface area contributed by atoms with Crippen LogP contribution in [-0.2, 0) is 4.84 Å². The van der Waals surface area contributed by atoms with Gasteiger partial charge in [0.1, 0.15) is 13.0 Å². The lowest BCUT2D eigenvalue weighted by Crippen LogP contribution is -2.41. The Balaban J connectivity index is 2.53. The molecule has 2 unspecified atom stereocenters. The van der Waals surface area contributed by atoms with E-state index in [0.717, 1.165) is 6.08 Å². The zero-order valence-corrected chi connectivity index (χ0v) is 10.4. The summed E-state index contributed by atoms with van der Waals surface area (Å²) >= 11 is 0. The fourth-order valence-electron chi connectivity index (χ4n) is 2.36. The van der Waals surface area contributed by atoms with E-state index in [1.165, 1.54) is 32.6 Å². The molecule has 3 nitrogen and oxygen atoms in total. The third-order valence-corrected chi connectivity index (χ3v) is 3.29. The van der Waals surface area contributed by atoms with Gasteiger partial charge in [-0.2, -0.15) is 13.2 Å². The number of hydrogen-bond donors (Lipinski definition) is 1. The molecule has 2 aliphatic rings. The van der Waals surface area contributed by atoms with Gasteiger partial charge in [0, 0.05) is 11.6 Å². The van der Waals surface area contributed by atoms with Crippen molar-refractivity contribution in [2.75, 3.05) is 7.11 Å². The highest BCUT2D eigenvalue weighted by Crippen LogP contribution is 2.48. The number of fused-ring (bicyclic) bond motifs is 1. The molecule has 19 heavy (non-hydrogen) atoms. The van der Waals surface area contributed by atoms with Crippen LogP contribution in [0.3, 0.4) is 0 Å². The first-order valence-corrected chi connectivity index (χ1v) is 5.63. The maximum absolute atomic E-state index is 13.0. The fourth-order valence-corrected chi connectivity index (χ4v) is 2.36. The molecule has 0 saturated heterocycles. The van der Waals surface area contributed by atoms with Crippen molar-refractivity contribution in [2.24, 2.45) is 11.1 Å². The Bertz CT molecular complexity index is 503. The molecule has 0 radical (unpaired) electrons. The van der Waals surface area contributed by atoms with Crippen LogP contribution in [0.25, 0.3) is 0 Å². The fraction of sp³-hybridized carbons (Fsp3) is 0.385. The van der Waals surface area contributed by atoms with Crippen molar-refractivity contribution in [1.82, 2.24) is 0 Å². The van der Waals surface area contributed by atoms with Gasteiger partial charge < -0.3 is 9.94 Å². The minimum absolute atomic E-state index is 0.0446. The number of nitrogens with zero attached hydrogens (tertiary/aromatic N) is 1. The van der Waals surface area contributed by atoms with Crippen molar-refractivity contribution < 1.29 is 23.1 Å². The summed E-state index contributed by atoms with van der Waals surface area (Å²) < 4.78 is 39.0. The van der Waals surface area contributed by atoms with E-state index >= 15 is 0 Å². The minimum atomic E-state index is -4.51. The van der Waals surface area contributed by atoms with Gasteiger partial charge in [0.2, 0.25) is 0 Å². The first-order valence-electron chi connectivity index (χ1n) is 5.63. The Morgan fingerprint density at radius 2 is 2.21 bits per heavy atom. The van der Waals surface area contributed by atoms with E-state index in [2.05, 4.69) is 9.99 Å². The van der Waals surface area contributed by atoms with Crippen LogP contribution in [-0.4, -0.2) is 29.7 Å². The standard InChI is InChI=1S/C13H13F3NO2/c1-8(17-19-2)12(18)7-11(13(14,15)16)9-5-3-4-6-10(9)12/h3-7,10,18H,1-2H3/q+1/b17-8+. The number of oxime groups is 1. The molecule has 102 valence electrons. The summed E-state index contributed by atoms with van der Waals surface area (Å²) in [5.74, 6) is -0.798. The topological polar surface area (TPSA) is 41.8 Å². The Morgan fingerprint density at radius 3 is 2.79 bits per heavy atom. The van der Waals surface area contributed by atoms with E-state index in [-0.39, 0.29) is 11.3 Å². The van der Waals surface area contributed by atoms with Gasteiger partial charge in [0.15, 0.2) is 5.60 Å². The number of halogens is 3. The molecule has 0 aromatic carbocycles. The highest BCUT2D eigenvalue weighted by Gasteiger charge is 2.55. The zero-order chi connectivity index (χ0) is 14.3. The van der Waals surface area contributed by atoms with Crippen LogP contribution in [0, 0.1) is 12.3 Å². The summed E-state index contributed by atoms with van der Waals surface area (Å²) in [7, 11) is 1.28. The highest BCUT2D eigenvalue weighted by molar-refractivity contribution is 5.94. The van der Waals surface area contributed by atoms with Gasteiger partial charge in [-0.25, -0.2) is 0 Å². The quantitative estimate of drug-likeness (QED) is 0.477. The Labute approximate surface area is 108 Å². The van der Waals surface area contributed by atoms with Crippen molar-refractivity contribution in [1.29, 1.82) is 0 Å². The molecule has 2 atom stereocenters. The summed E-state index contributed by atoms with van der Waals surface area (Å²) in [4.78, 5) is 4.55. The van der Waals surface area contributed by atoms with Crippen molar-refractivity contribution in [2.45, 2.75) is 18.7 Å². The summed E-state index contributed by atoms with van der Waals surface area (Å²) in [5, 5.41) is 14.1. The summed E-state index contributed by atoms with van der Waals surface area (Å²) in [6, 6.07) is 0. The molecule has 2 rings (SSSR count). The number of aliphatic hydroxyl groups is 1. The number of rotatable bonds is 2. The van der Waals surface area contributed by atoms with Crippen LogP contribution in [0.1, 0.15) is 6.92 Å². The molecule has 1 N–H and O–H groups in total. The van der Waals surface area contributed by atoms with Crippen molar-refractivity contribution in [3.63, 3.8) is 0 Å². The van der Waals surface area contributed by atoms with Gasteiger partial charge in [0.05, 0.1) is 29.9 Å². The molecule has 6 heteroatoms. The van der Waals surface area contributed by atoms with Crippen LogP contribution in [0.15, 0.2) is 40.6 Å². The van der Waals surface area contributed by atoms with Crippen LogP contribution in [0.4, 0.5) is 13.2 Å². The maximum atomic E-state index is 13.0. The van der Waals surface area contributed by atoms with E-state index in [4.69, 9.17) is 0 Å². The van der Waals surface area contributed by atoms with E-state index in [1.807, 2.05) is 0 Å².